The number of carboxylic acid groups (broad SMARTS) is 2. The zero-order chi connectivity index (χ0) is 12.6. The molecule has 16 heavy (non-hydrogen) atoms. The van der Waals surface area contributed by atoms with Crippen LogP contribution in [0.3, 0.4) is 0 Å². The van der Waals surface area contributed by atoms with Gasteiger partial charge in [-0.15, -0.1) is 0 Å². The number of rotatable bonds is 4. The highest BCUT2D eigenvalue weighted by Crippen LogP contribution is 2.22. The van der Waals surface area contributed by atoms with Crippen molar-refractivity contribution in [3.8, 4) is 0 Å². The first kappa shape index (κ1) is 15.4. The highest BCUT2D eigenvalue weighted by atomic mass is 33.1. The van der Waals surface area contributed by atoms with Crippen LogP contribution >= 0.6 is 46.0 Å². The van der Waals surface area contributed by atoms with E-state index in [0.717, 1.165) is 21.6 Å². The third-order valence-electron chi connectivity index (χ3n) is 0.961. The maximum Gasteiger partial charge on any atom is 0.322 e. The summed E-state index contributed by atoms with van der Waals surface area (Å²) in [6, 6.07) is 0. The van der Waals surface area contributed by atoms with E-state index in [1.54, 1.807) is 0 Å². The van der Waals surface area contributed by atoms with Gasteiger partial charge in [0.05, 0.1) is 0 Å². The first-order valence-electron chi connectivity index (χ1n) is 3.75. The van der Waals surface area contributed by atoms with E-state index < -0.39 is 11.9 Å². The van der Waals surface area contributed by atoms with E-state index in [1.807, 2.05) is 0 Å². The Labute approximate surface area is 110 Å². The van der Waals surface area contributed by atoms with Crippen LogP contribution in [-0.4, -0.2) is 43.9 Å². The van der Waals surface area contributed by atoms with Gasteiger partial charge in [0.25, 0.3) is 0 Å². The van der Waals surface area contributed by atoms with Gasteiger partial charge < -0.3 is 20.8 Å². The summed E-state index contributed by atoms with van der Waals surface area (Å²) in [5, 5.41) is 21.6. The van der Waals surface area contributed by atoms with Crippen LogP contribution in [-0.2, 0) is 9.59 Å². The first-order chi connectivity index (χ1) is 7.41. The number of aliphatic carboxylic acids is 2. The minimum absolute atomic E-state index is 0.262. The van der Waals surface area contributed by atoms with E-state index in [2.05, 4.69) is 10.6 Å². The van der Waals surface area contributed by atoms with Gasteiger partial charge >= 0.3 is 11.9 Å². The minimum Gasteiger partial charge on any atom is -0.480 e. The maximum atomic E-state index is 10.2. The quantitative estimate of drug-likeness (QED) is 0.428. The molecule has 0 aromatic rings. The Kier molecular flexibility index (Phi) is 8.25. The Morgan fingerprint density at radius 2 is 1.25 bits per heavy atom. The predicted molar refractivity (Wildman–Crippen MR) is 71.7 cm³/mol. The summed E-state index contributed by atoms with van der Waals surface area (Å²) in [5.74, 6) is -2.03. The molecule has 0 saturated heterocycles. The van der Waals surface area contributed by atoms with Gasteiger partial charge in [-0.2, -0.15) is 0 Å². The summed E-state index contributed by atoms with van der Waals surface area (Å²) in [6.45, 7) is -0.524. The number of hydrogen-bond donors (Lipinski definition) is 4. The van der Waals surface area contributed by atoms with E-state index in [1.165, 1.54) is 0 Å². The average Bonchev–Trinajstić information content (AvgIpc) is 2.20. The predicted octanol–water partition coefficient (Wildman–Crippen LogP) is 0.286. The molecule has 0 atom stereocenters. The molecule has 0 aliphatic heterocycles. The van der Waals surface area contributed by atoms with E-state index in [9.17, 15) is 9.59 Å². The molecule has 0 saturated carbocycles. The minimum atomic E-state index is -1.01. The molecule has 0 unspecified atom stereocenters. The van der Waals surface area contributed by atoms with Gasteiger partial charge in [0.15, 0.2) is 0 Å². The average molecular weight is 300 g/mol. The van der Waals surface area contributed by atoms with Crippen molar-refractivity contribution >= 4 is 66.6 Å². The fourth-order valence-electron chi connectivity index (χ4n) is 0.430. The molecule has 0 aromatic carbocycles. The summed E-state index contributed by atoms with van der Waals surface area (Å²) in [5.41, 5.74) is 0. The van der Waals surface area contributed by atoms with Gasteiger partial charge in [0.1, 0.15) is 21.7 Å². The van der Waals surface area contributed by atoms with Crippen molar-refractivity contribution < 1.29 is 19.8 Å². The standard InChI is InChI=1S/C6H8N2O4S4/c9-3(10)1-7-5(13)15-16-6(14)8-2-4(11)12/h1-2H2,(H,7,13)(H,8,14)(H,9,10)(H,11,12). The Balaban J connectivity index is 3.63. The van der Waals surface area contributed by atoms with Crippen LogP contribution in [0.1, 0.15) is 0 Å². The molecule has 0 rings (SSSR count). The molecule has 0 amide bonds. The first-order valence-corrected chi connectivity index (χ1v) is 6.72. The third-order valence-corrected chi connectivity index (χ3v) is 4.31. The van der Waals surface area contributed by atoms with Crippen LogP contribution in [0.25, 0.3) is 0 Å². The molecule has 0 fully saturated rings. The Morgan fingerprint density at radius 3 is 1.50 bits per heavy atom. The Morgan fingerprint density at radius 1 is 0.938 bits per heavy atom. The van der Waals surface area contributed by atoms with Gasteiger partial charge in [0.2, 0.25) is 0 Å². The number of carbonyl (C=O) groups is 2. The zero-order valence-electron chi connectivity index (χ0n) is 7.76. The highest BCUT2D eigenvalue weighted by Gasteiger charge is 2.05. The van der Waals surface area contributed by atoms with Gasteiger partial charge in [-0.1, -0.05) is 24.4 Å². The van der Waals surface area contributed by atoms with Crippen LogP contribution in [0.15, 0.2) is 0 Å². The lowest BCUT2D eigenvalue weighted by Gasteiger charge is -2.05. The van der Waals surface area contributed by atoms with Gasteiger partial charge in [-0.3, -0.25) is 9.59 Å². The smallest absolute Gasteiger partial charge is 0.322 e. The normalized spacial score (nSPS) is 9.25. The molecular formula is C6H8N2O4S4. The van der Waals surface area contributed by atoms with Gasteiger partial charge in [-0.25, -0.2) is 0 Å². The van der Waals surface area contributed by atoms with E-state index >= 15 is 0 Å². The van der Waals surface area contributed by atoms with Crippen molar-refractivity contribution in [2.45, 2.75) is 0 Å². The molecule has 0 heterocycles. The SMILES string of the molecule is O=C(O)CNC(=S)SSC(=S)NCC(=O)O. The molecule has 4 N–H and O–H groups in total. The van der Waals surface area contributed by atoms with Crippen molar-refractivity contribution in [3.63, 3.8) is 0 Å². The molecule has 10 heteroatoms. The van der Waals surface area contributed by atoms with Crippen LogP contribution in [0, 0.1) is 0 Å². The van der Waals surface area contributed by atoms with Crippen LogP contribution in [0.4, 0.5) is 0 Å². The summed E-state index contributed by atoms with van der Waals surface area (Å²) < 4.78 is 0.541. The summed E-state index contributed by atoms with van der Waals surface area (Å²) >= 11 is 9.58. The molecular weight excluding hydrogens is 292 g/mol. The zero-order valence-corrected chi connectivity index (χ0v) is 11.0. The Bertz CT molecular complexity index is 279. The van der Waals surface area contributed by atoms with Gasteiger partial charge in [-0.05, 0) is 21.6 Å². The van der Waals surface area contributed by atoms with E-state index in [-0.39, 0.29) is 21.7 Å². The fourth-order valence-corrected chi connectivity index (χ4v) is 2.41. The molecule has 0 aliphatic rings. The lowest BCUT2D eigenvalue weighted by molar-refractivity contribution is -0.136. The second-order valence-corrected chi connectivity index (χ2v) is 5.72. The van der Waals surface area contributed by atoms with Gasteiger partial charge in [0, 0.05) is 0 Å². The fraction of sp³-hybridized carbons (Fsp3) is 0.333. The van der Waals surface area contributed by atoms with Crippen LogP contribution < -0.4 is 10.6 Å². The molecule has 0 radical (unpaired) electrons. The molecule has 0 spiro atoms. The number of carboxylic acids is 2. The van der Waals surface area contributed by atoms with E-state index in [4.69, 9.17) is 34.6 Å². The molecule has 6 nitrogen and oxygen atoms in total. The number of thiocarbonyl (C=S) groups is 2. The molecule has 0 aromatic heterocycles. The van der Waals surface area contributed by atoms with Crippen molar-refractivity contribution in [1.29, 1.82) is 0 Å². The van der Waals surface area contributed by atoms with Crippen LogP contribution in [0.2, 0.25) is 0 Å². The summed E-state index contributed by atoms with van der Waals surface area (Å²) in [6.07, 6.45) is 0. The second-order valence-electron chi connectivity index (χ2n) is 2.24. The topological polar surface area (TPSA) is 98.7 Å². The van der Waals surface area contributed by atoms with Crippen molar-refractivity contribution in [2.75, 3.05) is 13.1 Å². The molecule has 0 bridgehead atoms. The van der Waals surface area contributed by atoms with Crippen molar-refractivity contribution in [2.24, 2.45) is 0 Å². The summed E-state index contributed by atoms with van der Waals surface area (Å²) in [7, 11) is 2.11. The second kappa shape index (κ2) is 8.56. The van der Waals surface area contributed by atoms with Crippen LogP contribution in [0.5, 0.6) is 0 Å². The third kappa shape index (κ3) is 9.96. The molecule has 0 aliphatic carbocycles. The lowest BCUT2D eigenvalue weighted by Crippen LogP contribution is -2.27. The largest absolute Gasteiger partial charge is 0.480 e. The monoisotopic (exact) mass is 300 g/mol. The number of nitrogens with one attached hydrogen (secondary N) is 2. The van der Waals surface area contributed by atoms with Crippen molar-refractivity contribution in [3.05, 3.63) is 0 Å². The highest BCUT2D eigenvalue weighted by molar-refractivity contribution is 8.89. The number of hydrogen-bond acceptors (Lipinski definition) is 6. The summed E-state index contributed by atoms with van der Waals surface area (Å²) in [4.78, 5) is 20.4. The lowest BCUT2D eigenvalue weighted by atomic mass is 10.7. The molecule has 90 valence electrons. The van der Waals surface area contributed by atoms with E-state index in [0.29, 0.717) is 0 Å². The maximum absolute atomic E-state index is 10.2. The van der Waals surface area contributed by atoms with Crippen molar-refractivity contribution in [1.82, 2.24) is 10.6 Å². The Hall–Kier alpha value is -0.580.